The van der Waals surface area contributed by atoms with Crippen molar-refractivity contribution in [1.29, 1.82) is 0 Å². The largest absolute Gasteiger partial charge is 0.472 e. The molecule has 0 aliphatic rings. The molecule has 0 saturated carbocycles. The minimum atomic E-state index is -4.96. The van der Waals surface area contributed by atoms with Crippen molar-refractivity contribution in [2.45, 2.75) is 401 Å². The third kappa shape index (κ3) is 70.3. The Labute approximate surface area is 581 Å². The van der Waals surface area contributed by atoms with Crippen molar-refractivity contribution in [2.24, 2.45) is 23.7 Å². The van der Waals surface area contributed by atoms with Gasteiger partial charge in [-0.2, -0.15) is 0 Å². The third-order valence-corrected chi connectivity index (χ3v) is 19.5. The Hall–Kier alpha value is -1.94. The average molecular weight is 1400 g/mol. The van der Waals surface area contributed by atoms with Crippen molar-refractivity contribution in [1.82, 2.24) is 0 Å². The van der Waals surface area contributed by atoms with Crippen molar-refractivity contribution < 1.29 is 80.2 Å². The van der Waals surface area contributed by atoms with Gasteiger partial charge in [-0.15, -0.1) is 0 Å². The molecule has 0 rings (SSSR count). The van der Waals surface area contributed by atoms with E-state index in [-0.39, 0.29) is 25.7 Å². The van der Waals surface area contributed by atoms with E-state index in [2.05, 4.69) is 55.4 Å². The summed E-state index contributed by atoms with van der Waals surface area (Å²) in [5.74, 6) is 0.866. The molecule has 0 heterocycles. The third-order valence-electron chi connectivity index (χ3n) is 17.6. The summed E-state index contributed by atoms with van der Waals surface area (Å²) in [6.45, 7) is 14.1. The van der Waals surface area contributed by atoms with Crippen molar-refractivity contribution >= 4 is 39.5 Å². The highest BCUT2D eigenvalue weighted by atomic mass is 31.2. The van der Waals surface area contributed by atoms with Crippen molar-refractivity contribution in [3.8, 4) is 0 Å². The summed E-state index contributed by atoms with van der Waals surface area (Å²) in [5.41, 5.74) is 0. The number of esters is 4. The van der Waals surface area contributed by atoms with Crippen LogP contribution in [0, 0.1) is 23.7 Å². The Bertz CT molecular complexity index is 1870. The Balaban J connectivity index is 5.18. The fraction of sp³-hybridized carbons (Fsp3) is 0.947. The average Bonchev–Trinajstić information content (AvgIpc) is 2.36. The molecule has 0 aromatic rings. The maximum atomic E-state index is 13.1. The van der Waals surface area contributed by atoms with Gasteiger partial charge in [0.2, 0.25) is 0 Å². The number of carbonyl (C=O) groups is 4. The maximum Gasteiger partial charge on any atom is 0.472 e. The normalized spacial score (nSPS) is 14.1. The molecule has 564 valence electrons. The molecule has 0 aromatic heterocycles. The number of aliphatic hydroxyl groups excluding tert-OH is 1. The van der Waals surface area contributed by atoms with Crippen LogP contribution in [0.5, 0.6) is 0 Å². The zero-order chi connectivity index (χ0) is 70.3. The summed E-state index contributed by atoms with van der Waals surface area (Å²) in [6.07, 6.45) is 50.3. The number of unbranched alkanes of at least 4 members (excludes halogenated alkanes) is 39. The SMILES string of the molecule is CC(C)CCCCCCCCCCCCCCCCCC(=O)O[C@H](COC(=O)CCCCCCCCCC(C)C)COP(=O)(O)OCC(O)COP(=O)(O)OC[C@@H](COC(=O)CCCCCCCCC(C)C)OC(=O)CCCCCCCCCCCCCCCCCC(C)C. The van der Waals surface area contributed by atoms with Gasteiger partial charge in [-0.25, -0.2) is 9.13 Å². The van der Waals surface area contributed by atoms with E-state index < -0.39 is 97.5 Å². The van der Waals surface area contributed by atoms with Gasteiger partial charge in [0.15, 0.2) is 12.2 Å². The van der Waals surface area contributed by atoms with Gasteiger partial charge in [-0.3, -0.25) is 37.3 Å². The fourth-order valence-corrected chi connectivity index (χ4v) is 13.1. The molecule has 0 aliphatic carbocycles. The summed E-state index contributed by atoms with van der Waals surface area (Å²) in [7, 11) is -9.91. The highest BCUT2D eigenvalue weighted by Crippen LogP contribution is 2.45. The van der Waals surface area contributed by atoms with Crippen LogP contribution in [0.3, 0.4) is 0 Å². The van der Waals surface area contributed by atoms with Gasteiger partial charge in [-0.1, -0.05) is 331 Å². The number of hydrogen-bond donors (Lipinski definition) is 3. The van der Waals surface area contributed by atoms with Crippen LogP contribution in [0.1, 0.15) is 383 Å². The summed E-state index contributed by atoms with van der Waals surface area (Å²) < 4.78 is 68.5. The molecule has 17 nitrogen and oxygen atoms in total. The summed E-state index contributed by atoms with van der Waals surface area (Å²) in [5, 5.41) is 10.6. The first-order chi connectivity index (χ1) is 45.6. The number of phosphoric ester groups is 2. The van der Waals surface area contributed by atoms with E-state index in [1.807, 2.05) is 0 Å². The zero-order valence-corrected chi connectivity index (χ0v) is 64.1. The van der Waals surface area contributed by atoms with Gasteiger partial charge < -0.3 is 33.8 Å². The first-order valence-corrected chi connectivity index (χ1v) is 42.2. The second-order valence-electron chi connectivity index (χ2n) is 29.3. The van der Waals surface area contributed by atoms with Gasteiger partial charge in [-0.05, 0) is 49.4 Å². The predicted molar refractivity (Wildman–Crippen MR) is 386 cm³/mol. The number of hydrogen-bond acceptors (Lipinski definition) is 15. The molecule has 0 bridgehead atoms. The highest BCUT2D eigenvalue weighted by molar-refractivity contribution is 7.47. The second kappa shape index (κ2) is 65.4. The smallest absolute Gasteiger partial charge is 0.462 e. The molecular formula is C76H148O17P2. The lowest BCUT2D eigenvalue weighted by Gasteiger charge is -2.21. The standard InChI is InChI=1S/C76H148O17P2/c1-66(2)52-44-36-28-23-19-15-11-9-13-17-21-25-31-42-50-58-75(80)92-71(62-86-73(78)56-48-40-33-27-30-38-46-54-68(5)6)64-90-94(82,83)88-60-70(77)61-89-95(84,85)91-65-72(63-87-74(79)57-49-41-35-34-39-47-55-69(7)8)93-76(81)59-51-43-32-26-22-18-14-10-12-16-20-24-29-37-45-53-67(3)4/h66-72,77H,9-65H2,1-8H3,(H,82,83)(H,84,85)/t70?,71-,72-/m1/s1. The molecule has 0 fully saturated rings. The molecule has 95 heavy (non-hydrogen) atoms. The number of carbonyl (C=O) groups excluding carboxylic acids is 4. The van der Waals surface area contributed by atoms with Crippen molar-refractivity contribution in [3.05, 3.63) is 0 Å². The van der Waals surface area contributed by atoms with Crippen LogP contribution in [0.25, 0.3) is 0 Å². The van der Waals surface area contributed by atoms with Crippen LogP contribution >= 0.6 is 15.6 Å². The minimum absolute atomic E-state index is 0.106. The molecule has 0 aromatic carbocycles. The van der Waals surface area contributed by atoms with E-state index in [9.17, 15) is 43.2 Å². The van der Waals surface area contributed by atoms with E-state index >= 15 is 0 Å². The lowest BCUT2D eigenvalue weighted by atomic mass is 10.0. The first kappa shape index (κ1) is 93.1. The topological polar surface area (TPSA) is 237 Å². The molecular weight excluding hydrogens is 1250 g/mol. The van der Waals surface area contributed by atoms with E-state index in [1.165, 1.54) is 173 Å². The summed E-state index contributed by atoms with van der Waals surface area (Å²) >= 11 is 0. The van der Waals surface area contributed by atoms with Crippen molar-refractivity contribution in [2.75, 3.05) is 39.6 Å². The van der Waals surface area contributed by atoms with E-state index in [4.69, 9.17) is 37.0 Å². The quantitative estimate of drug-likeness (QED) is 0.0222. The zero-order valence-electron chi connectivity index (χ0n) is 62.3. The summed E-state index contributed by atoms with van der Waals surface area (Å²) in [6, 6.07) is 0. The number of rotatable bonds is 73. The predicted octanol–water partition coefficient (Wildman–Crippen LogP) is 22.0. The van der Waals surface area contributed by atoms with E-state index in [0.717, 1.165) is 115 Å². The van der Waals surface area contributed by atoms with Crippen LogP contribution in [0.15, 0.2) is 0 Å². The number of phosphoric acid groups is 2. The van der Waals surface area contributed by atoms with E-state index in [1.54, 1.807) is 0 Å². The monoisotopic (exact) mass is 1400 g/mol. The lowest BCUT2D eigenvalue weighted by molar-refractivity contribution is -0.161. The van der Waals surface area contributed by atoms with Crippen LogP contribution in [-0.2, 0) is 65.4 Å². The number of ether oxygens (including phenoxy) is 4. The lowest BCUT2D eigenvalue weighted by Crippen LogP contribution is -2.30. The molecule has 3 unspecified atom stereocenters. The highest BCUT2D eigenvalue weighted by Gasteiger charge is 2.30. The van der Waals surface area contributed by atoms with Gasteiger partial charge in [0.05, 0.1) is 26.4 Å². The molecule has 19 heteroatoms. The van der Waals surface area contributed by atoms with Crippen LogP contribution in [-0.4, -0.2) is 96.7 Å². The van der Waals surface area contributed by atoms with Gasteiger partial charge in [0, 0.05) is 25.7 Å². The molecule has 5 atom stereocenters. The van der Waals surface area contributed by atoms with Gasteiger partial charge in [0.25, 0.3) is 0 Å². The maximum absolute atomic E-state index is 13.1. The van der Waals surface area contributed by atoms with Crippen LogP contribution in [0.4, 0.5) is 0 Å². The Morgan fingerprint density at radius 1 is 0.263 bits per heavy atom. The molecule has 0 saturated heterocycles. The fourth-order valence-electron chi connectivity index (χ4n) is 11.6. The second-order valence-corrected chi connectivity index (χ2v) is 32.2. The van der Waals surface area contributed by atoms with Gasteiger partial charge in [0.1, 0.15) is 19.3 Å². The van der Waals surface area contributed by atoms with Crippen molar-refractivity contribution in [3.63, 3.8) is 0 Å². The number of aliphatic hydroxyl groups is 1. The van der Waals surface area contributed by atoms with Gasteiger partial charge >= 0.3 is 39.5 Å². The van der Waals surface area contributed by atoms with Crippen LogP contribution in [0.2, 0.25) is 0 Å². The van der Waals surface area contributed by atoms with Crippen LogP contribution < -0.4 is 0 Å². The molecule has 0 aliphatic heterocycles. The van der Waals surface area contributed by atoms with E-state index in [0.29, 0.717) is 37.5 Å². The first-order valence-electron chi connectivity index (χ1n) is 39.2. The minimum Gasteiger partial charge on any atom is -0.462 e. The molecule has 0 amide bonds. The Morgan fingerprint density at radius 2 is 0.442 bits per heavy atom. The Morgan fingerprint density at radius 3 is 0.653 bits per heavy atom. The molecule has 0 spiro atoms. The Kier molecular flexibility index (Phi) is 64.0. The molecule has 3 N–H and O–H groups in total. The molecule has 0 radical (unpaired) electrons. The summed E-state index contributed by atoms with van der Waals surface area (Å²) in [4.78, 5) is 72.7.